The second-order valence-electron chi connectivity index (χ2n) is 6.23. The van der Waals surface area contributed by atoms with Gasteiger partial charge in [-0.15, -0.1) is 0 Å². The molecule has 0 spiro atoms. The van der Waals surface area contributed by atoms with Crippen molar-refractivity contribution < 1.29 is 40.7 Å². The largest absolute Gasteiger partial charge is 0.444 e. The topological polar surface area (TPSA) is 67.4 Å². The van der Waals surface area contributed by atoms with E-state index in [0.717, 1.165) is 6.07 Å². The molecule has 0 radical (unpaired) electrons. The van der Waals surface area contributed by atoms with Crippen molar-refractivity contribution in [1.82, 2.24) is 0 Å². The Bertz CT molecular complexity index is 677. The van der Waals surface area contributed by atoms with Crippen molar-refractivity contribution in [3.05, 3.63) is 23.8 Å². The van der Waals surface area contributed by atoms with Gasteiger partial charge in [0, 0.05) is 0 Å². The van der Waals surface area contributed by atoms with Crippen molar-refractivity contribution in [1.29, 1.82) is 0 Å². The van der Waals surface area contributed by atoms with Crippen LogP contribution in [-0.4, -0.2) is 23.8 Å². The molecule has 0 aliphatic heterocycles. The molecule has 0 aliphatic carbocycles. The molecular formula is C15H16F6N2O3. The van der Waals surface area contributed by atoms with Gasteiger partial charge in [0.1, 0.15) is 12.0 Å². The number of hydrogen-bond donors (Lipinski definition) is 2. The van der Waals surface area contributed by atoms with Crippen LogP contribution < -0.4 is 10.6 Å². The molecule has 146 valence electrons. The van der Waals surface area contributed by atoms with Crippen LogP contribution in [0.3, 0.4) is 0 Å². The number of anilines is 2. The molecule has 0 saturated carbocycles. The number of nitrogens with one attached hydrogen (secondary N) is 2. The number of hydrogen-bond acceptors (Lipinski definition) is 3. The summed E-state index contributed by atoms with van der Waals surface area (Å²) in [5, 5.41) is 3.81. The van der Waals surface area contributed by atoms with Gasteiger partial charge in [-0.3, -0.25) is 10.1 Å². The summed E-state index contributed by atoms with van der Waals surface area (Å²) in [7, 11) is 0. The Morgan fingerprint density at radius 3 is 2.00 bits per heavy atom. The normalized spacial score (nSPS) is 12.5. The molecule has 1 aromatic rings. The zero-order valence-electron chi connectivity index (χ0n) is 13.9. The Morgan fingerprint density at radius 1 is 0.962 bits per heavy atom. The Hall–Kier alpha value is -2.46. The van der Waals surface area contributed by atoms with Crippen molar-refractivity contribution in [3.63, 3.8) is 0 Å². The molecule has 0 atom stereocenters. The van der Waals surface area contributed by atoms with Gasteiger partial charge in [-0.2, -0.15) is 26.3 Å². The molecule has 11 heteroatoms. The smallest absolute Gasteiger partial charge is 0.416 e. The number of amides is 2. The third kappa shape index (κ3) is 7.62. The fourth-order valence-corrected chi connectivity index (χ4v) is 1.72. The van der Waals surface area contributed by atoms with Gasteiger partial charge in [-0.05, 0) is 39.0 Å². The Morgan fingerprint density at radius 2 is 1.54 bits per heavy atom. The highest BCUT2D eigenvalue weighted by atomic mass is 19.4. The first-order valence-corrected chi connectivity index (χ1v) is 7.15. The second kappa shape index (κ2) is 7.42. The van der Waals surface area contributed by atoms with E-state index in [9.17, 15) is 35.9 Å². The average Bonchev–Trinajstić information content (AvgIpc) is 2.34. The third-order valence-corrected chi connectivity index (χ3v) is 2.62. The van der Waals surface area contributed by atoms with Crippen LogP contribution in [0.5, 0.6) is 0 Å². The van der Waals surface area contributed by atoms with Crippen LogP contribution >= 0.6 is 0 Å². The fourth-order valence-electron chi connectivity index (χ4n) is 1.72. The molecule has 26 heavy (non-hydrogen) atoms. The summed E-state index contributed by atoms with van der Waals surface area (Å²) in [5.41, 5.74) is -3.12. The van der Waals surface area contributed by atoms with E-state index in [-0.39, 0.29) is 5.69 Å². The van der Waals surface area contributed by atoms with E-state index >= 15 is 0 Å². The monoisotopic (exact) mass is 386 g/mol. The van der Waals surface area contributed by atoms with Crippen LogP contribution in [0.2, 0.25) is 0 Å². The predicted octanol–water partition coefficient (Wildman–Crippen LogP) is 4.94. The number of rotatable bonds is 3. The molecule has 5 nitrogen and oxygen atoms in total. The summed E-state index contributed by atoms with van der Waals surface area (Å²) in [6.07, 6.45) is -12.6. The van der Waals surface area contributed by atoms with E-state index in [2.05, 4.69) is 5.32 Å². The average molecular weight is 386 g/mol. The molecule has 2 amide bonds. The first kappa shape index (κ1) is 21.6. The Labute approximate surface area is 144 Å². The van der Waals surface area contributed by atoms with Gasteiger partial charge in [-0.25, -0.2) is 4.79 Å². The van der Waals surface area contributed by atoms with Crippen molar-refractivity contribution in [2.45, 2.75) is 45.1 Å². The van der Waals surface area contributed by atoms with Crippen molar-refractivity contribution in [2.75, 3.05) is 10.6 Å². The molecule has 0 aromatic heterocycles. The van der Waals surface area contributed by atoms with Crippen LogP contribution in [0.15, 0.2) is 18.2 Å². The van der Waals surface area contributed by atoms with Gasteiger partial charge in [0.15, 0.2) is 0 Å². The second-order valence-corrected chi connectivity index (χ2v) is 6.23. The summed E-state index contributed by atoms with van der Waals surface area (Å²) in [6.45, 7) is 4.60. The molecule has 1 rings (SSSR count). The van der Waals surface area contributed by atoms with Gasteiger partial charge in [0.2, 0.25) is 5.91 Å². The molecule has 0 unspecified atom stereocenters. The maximum absolute atomic E-state index is 12.8. The zero-order valence-corrected chi connectivity index (χ0v) is 13.9. The first-order chi connectivity index (χ1) is 11.6. The van der Waals surface area contributed by atoms with Crippen molar-refractivity contribution in [3.8, 4) is 0 Å². The highest BCUT2D eigenvalue weighted by Gasteiger charge is 2.33. The van der Waals surface area contributed by atoms with E-state index in [4.69, 9.17) is 4.74 Å². The lowest BCUT2D eigenvalue weighted by atomic mass is 10.1. The van der Waals surface area contributed by atoms with Crippen LogP contribution in [-0.2, 0) is 15.7 Å². The predicted molar refractivity (Wildman–Crippen MR) is 80.6 cm³/mol. The molecule has 2 N–H and O–H groups in total. The fraction of sp³-hybridized carbons (Fsp3) is 0.467. The maximum atomic E-state index is 12.8. The summed E-state index contributed by atoms with van der Waals surface area (Å²) in [5.74, 6) is -1.58. The molecule has 0 saturated heterocycles. The summed E-state index contributed by atoms with van der Waals surface area (Å²) in [4.78, 5) is 23.1. The molecule has 0 fully saturated rings. The number of alkyl halides is 6. The minimum atomic E-state index is -4.84. The third-order valence-electron chi connectivity index (χ3n) is 2.62. The van der Waals surface area contributed by atoms with Gasteiger partial charge in [-0.1, -0.05) is 0 Å². The van der Waals surface area contributed by atoms with Crippen LogP contribution in [0.1, 0.15) is 32.8 Å². The van der Waals surface area contributed by atoms with E-state index < -0.39 is 47.6 Å². The number of ether oxygens (including phenoxy) is 1. The lowest BCUT2D eigenvalue weighted by Crippen LogP contribution is -2.28. The van der Waals surface area contributed by atoms with Crippen molar-refractivity contribution >= 4 is 23.4 Å². The highest BCUT2D eigenvalue weighted by Crippen LogP contribution is 2.34. The summed E-state index contributed by atoms with van der Waals surface area (Å²) < 4.78 is 80.0. The minimum absolute atomic E-state index is 0.345. The Kier molecular flexibility index (Phi) is 6.16. The maximum Gasteiger partial charge on any atom is 0.416 e. The van der Waals surface area contributed by atoms with Crippen LogP contribution in [0.4, 0.5) is 42.5 Å². The van der Waals surface area contributed by atoms with E-state index in [1.54, 1.807) is 5.32 Å². The SMILES string of the molecule is CC(C)(C)OC(=O)Nc1ccc(C(F)(F)F)cc1NC(=O)CC(F)(F)F. The standard InChI is InChI=1S/C15H16F6N2O3/c1-13(2,3)26-12(25)23-9-5-4-8(15(19,20)21)6-10(9)22-11(24)7-14(16,17)18/h4-6H,7H2,1-3H3,(H,22,24)(H,23,25). The molecule has 0 bridgehead atoms. The minimum Gasteiger partial charge on any atom is -0.444 e. The number of carbonyl (C=O) groups excluding carboxylic acids is 2. The van der Waals surface area contributed by atoms with Gasteiger partial charge in [0.25, 0.3) is 0 Å². The van der Waals surface area contributed by atoms with Crippen LogP contribution in [0.25, 0.3) is 0 Å². The molecule has 0 heterocycles. The molecule has 0 aliphatic rings. The lowest BCUT2D eigenvalue weighted by Gasteiger charge is -2.21. The van der Waals surface area contributed by atoms with Crippen molar-refractivity contribution in [2.24, 2.45) is 0 Å². The molecule has 1 aromatic carbocycles. The highest BCUT2D eigenvalue weighted by molar-refractivity contribution is 5.98. The Balaban J connectivity index is 3.12. The lowest BCUT2D eigenvalue weighted by molar-refractivity contribution is -0.150. The quantitative estimate of drug-likeness (QED) is 0.723. The summed E-state index contributed by atoms with van der Waals surface area (Å²) >= 11 is 0. The first-order valence-electron chi connectivity index (χ1n) is 7.15. The van der Waals surface area contributed by atoms with E-state index in [1.807, 2.05) is 0 Å². The van der Waals surface area contributed by atoms with Gasteiger partial charge < -0.3 is 10.1 Å². The summed E-state index contributed by atoms with van der Waals surface area (Å²) in [6, 6.07) is 1.82. The van der Waals surface area contributed by atoms with E-state index in [1.165, 1.54) is 20.8 Å². The number of halogens is 6. The zero-order chi connectivity index (χ0) is 20.3. The van der Waals surface area contributed by atoms with Gasteiger partial charge >= 0.3 is 18.4 Å². The van der Waals surface area contributed by atoms with E-state index in [0.29, 0.717) is 12.1 Å². The van der Waals surface area contributed by atoms with Gasteiger partial charge in [0.05, 0.1) is 16.9 Å². The number of carbonyl (C=O) groups is 2. The number of benzene rings is 1. The van der Waals surface area contributed by atoms with Crippen LogP contribution in [0, 0.1) is 0 Å². The molecular weight excluding hydrogens is 370 g/mol.